The number of aryl methyl sites for hydroxylation is 1. The third kappa shape index (κ3) is 4.81. The van der Waals surface area contributed by atoms with E-state index in [4.69, 9.17) is 4.74 Å². The maximum absolute atomic E-state index is 11.7. The summed E-state index contributed by atoms with van der Waals surface area (Å²) in [6, 6.07) is 7.54. The lowest BCUT2D eigenvalue weighted by Crippen LogP contribution is -2.06. The van der Waals surface area contributed by atoms with Gasteiger partial charge in [0.1, 0.15) is 10.8 Å². The largest absolute Gasteiger partial charge is 0.427 e. The molecule has 0 aliphatic carbocycles. The normalized spacial score (nSPS) is 11.0. The maximum atomic E-state index is 11.7. The molecular weight excluding hydrogens is 294 g/mol. The summed E-state index contributed by atoms with van der Waals surface area (Å²) in [6.07, 6.45) is 9.15. The number of allylic oxidation sites excluding steroid dienone is 2. The number of ether oxygens (including phenoxy) is 1. The maximum Gasteiger partial charge on any atom is 0.311 e. The SMILES string of the molecule is C/C=C/CCC(=O)Oc1ccc(-c2ncc(CCC)s2)cc1. The average Bonchev–Trinajstić information content (AvgIpc) is 2.97. The highest BCUT2D eigenvalue weighted by atomic mass is 32.1. The Labute approximate surface area is 135 Å². The van der Waals surface area contributed by atoms with Gasteiger partial charge in [0.2, 0.25) is 0 Å². The molecule has 116 valence electrons. The number of nitrogens with zero attached hydrogens (tertiary/aromatic N) is 1. The van der Waals surface area contributed by atoms with Crippen molar-refractivity contribution in [2.45, 2.75) is 39.5 Å². The molecule has 0 aliphatic heterocycles. The van der Waals surface area contributed by atoms with Gasteiger partial charge in [0.15, 0.2) is 0 Å². The second-order valence-electron chi connectivity index (χ2n) is 4.99. The lowest BCUT2D eigenvalue weighted by Gasteiger charge is -2.04. The lowest BCUT2D eigenvalue weighted by molar-refractivity contribution is -0.134. The lowest BCUT2D eigenvalue weighted by atomic mass is 10.2. The first-order valence-corrected chi connectivity index (χ1v) is 8.41. The van der Waals surface area contributed by atoms with E-state index in [1.54, 1.807) is 11.3 Å². The number of hydrogen-bond acceptors (Lipinski definition) is 4. The van der Waals surface area contributed by atoms with Crippen LogP contribution in [-0.2, 0) is 11.2 Å². The first-order chi connectivity index (χ1) is 10.7. The molecule has 2 aromatic rings. The predicted octanol–water partition coefficient (Wildman–Crippen LogP) is 5.02. The van der Waals surface area contributed by atoms with E-state index in [1.165, 1.54) is 4.88 Å². The molecule has 0 saturated carbocycles. The predicted molar refractivity (Wildman–Crippen MR) is 91.2 cm³/mol. The standard InChI is InChI=1S/C18H21NO2S/c1-3-5-6-8-17(20)21-15-11-9-14(10-12-15)18-19-13-16(22-18)7-4-2/h3,5,9-13H,4,6-8H2,1-2H3/b5-3+. The summed E-state index contributed by atoms with van der Waals surface area (Å²) in [6.45, 7) is 4.10. The second kappa shape index (κ2) is 8.49. The quantitative estimate of drug-likeness (QED) is 0.409. The van der Waals surface area contributed by atoms with E-state index in [2.05, 4.69) is 11.9 Å². The molecule has 1 aromatic heterocycles. The number of esters is 1. The van der Waals surface area contributed by atoms with Gasteiger partial charge in [0.25, 0.3) is 0 Å². The van der Waals surface area contributed by atoms with E-state index in [0.29, 0.717) is 18.6 Å². The van der Waals surface area contributed by atoms with Crippen LogP contribution in [0, 0.1) is 0 Å². The molecule has 4 heteroatoms. The van der Waals surface area contributed by atoms with Crippen LogP contribution in [0.3, 0.4) is 0 Å². The van der Waals surface area contributed by atoms with Crippen molar-refractivity contribution in [1.29, 1.82) is 0 Å². The zero-order valence-corrected chi connectivity index (χ0v) is 13.9. The molecule has 2 rings (SSSR count). The van der Waals surface area contributed by atoms with Gasteiger partial charge in [0.05, 0.1) is 0 Å². The number of carbonyl (C=O) groups excluding carboxylic acids is 1. The van der Waals surface area contributed by atoms with Crippen LogP contribution < -0.4 is 4.74 Å². The van der Waals surface area contributed by atoms with Gasteiger partial charge in [-0.25, -0.2) is 4.98 Å². The Kier molecular flexibility index (Phi) is 6.34. The third-order valence-corrected chi connectivity index (χ3v) is 4.24. The molecule has 0 unspecified atom stereocenters. The molecule has 0 fully saturated rings. The zero-order valence-electron chi connectivity index (χ0n) is 13.0. The number of benzene rings is 1. The van der Waals surface area contributed by atoms with Gasteiger partial charge in [0, 0.05) is 23.1 Å². The molecule has 1 aromatic carbocycles. The summed E-state index contributed by atoms with van der Waals surface area (Å²) in [5.74, 6) is 0.380. The summed E-state index contributed by atoms with van der Waals surface area (Å²) in [4.78, 5) is 17.4. The van der Waals surface area contributed by atoms with Crippen LogP contribution in [0.15, 0.2) is 42.6 Å². The highest BCUT2D eigenvalue weighted by Gasteiger charge is 2.07. The first kappa shape index (κ1) is 16.4. The Morgan fingerprint density at radius 3 is 2.77 bits per heavy atom. The smallest absolute Gasteiger partial charge is 0.311 e. The van der Waals surface area contributed by atoms with Gasteiger partial charge in [-0.3, -0.25) is 4.79 Å². The number of carbonyl (C=O) groups is 1. The Bertz CT molecular complexity index is 629. The van der Waals surface area contributed by atoms with Crippen molar-refractivity contribution in [2.24, 2.45) is 0 Å². The van der Waals surface area contributed by atoms with E-state index in [9.17, 15) is 4.79 Å². The van der Waals surface area contributed by atoms with Crippen LogP contribution in [0.5, 0.6) is 5.75 Å². The second-order valence-corrected chi connectivity index (χ2v) is 6.10. The molecule has 0 spiro atoms. The highest BCUT2D eigenvalue weighted by molar-refractivity contribution is 7.15. The Morgan fingerprint density at radius 2 is 2.09 bits per heavy atom. The van der Waals surface area contributed by atoms with Gasteiger partial charge in [-0.15, -0.1) is 11.3 Å². The molecule has 0 N–H and O–H groups in total. The van der Waals surface area contributed by atoms with E-state index in [1.807, 2.05) is 49.5 Å². The van der Waals surface area contributed by atoms with Gasteiger partial charge in [-0.2, -0.15) is 0 Å². The molecule has 0 aliphatic rings. The average molecular weight is 315 g/mol. The minimum absolute atomic E-state index is 0.203. The van der Waals surface area contributed by atoms with Gasteiger partial charge >= 0.3 is 5.97 Å². The molecule has 0 bridgehead atoms. The van der Waals surface area contributed by atoms with Crippen molar-refractivity contribution in [3.63, 3.8) is 0 Å². The van der Waals surface area contributed by atoms with Crippen LogP contribution in [0.1, 0.15) is 38.0 Å². The van der Waals surface area contributed by atoms with E-state index >= 15 is 0 Å². The minimum Gasteiger partial charge on any atom is -0.427 e. The van der Waals surface area contributed by atoms with Crippen molar-refractivity contribution >= 4 is 17.3 Å². The third-order valence-electron chi connectivity index (χ3n) is 3.13. The van der Waals surface area contributed by atoms with Crippen LogP contribution in [-0.4, -0.2) is 11.0 Å². The molecule has 0 amide bonds. The first-order valence-electron chi connectivity index (χ1n) is 7.60. The molecule has 0 saturated heterocycles. The minimum atomic E-state index is -0.203. The fourth-order valence-electron chi connectivity index (χ4n) is 2.02. The molecule has 1 heterocycles. The molecule has 0 atom stereocenters. The number of thiazole rings is 1. The van der Waals surface area contributed by atoms with E-state index < -0.39 is 0 Å². The Balaban J connectivity index is 1.96. The van der Waals surface area contributed by atoms with Crippen LogP contribution >= 0.6 is 11.3 Å². The summed E-state index contributed by atoms with van der Waals surface area (Å²) < 4.78 is 5.31. The summed E-state index contributed by atoms with van der Waals surface area (Å²) in [7, 11) is 0. The molecule has 3 nitrogen and oxygen atoms in total. The Morgan fingerprint density at radius 1 is 1.32 bits per heavy atom. The van der Waals surface area contributed by atoms with Crippen molar-refractivity contribution < 1.29 is 9.53 Å². The van der Waals surface area contributed by atoms with Crippen molar-refractivity contribution in [3.8, 4) is 16.3 Å². The van der Waals surface area contributed by atoms with Crippen molar-refractivity contribution in [1.82, 2.24) is 4.98 Å². The fraction of sp³-hybridized carbons (Fsp3) is 0.333. The van der Waals surface area contributed by atoms with Crippen LogP contribution in [0.2, 0.25) is 0 Å². The monoisotopic (exact) mass is 315 g/mol. The summed E-state index contributed by atoms with van der Waals surface area (Å²) in [5, 5.41) is 1.01. The molecule has 22 heavy (non-hydrogen) atoms. The van der Waals surface area contributed by atoms with Crippen LogP contribution in [0.25, 0.3) is 10.6 Å². The Hall–Kier alpha value is -1.94. The van der Waals surface area contributed by atoms with Crippen molar-refractivity contribution in [3.05, 3.63) is 47.5 Å². The number of aromatic nitrogens is 1. The zero-order chi connectivity index (χ0) is 15.8. The van der Waals surface area contributed by atoms with Crippen molar-refractivity contribution in [2.75, 3.05) is 0 Å². The van der Waals surface area contributed by atoms with Gasteiger partial charge < -0.3 is 4.74 Å². The fourth-order valence-corrected chi connectivity index (χ4v) is 3.04. The summed E-state index contributed by atoms with van der Waals surface area (Å²) in [5.41, 5.74) is 1.06. The van der Waals surface area contributed by atoms with Crippen LogP contribution in [0.4, 0.5) is 0 Å². The molecular formula is C18H21NO2S. The number of rotatable bonds is 7. The number of hydrogen-bond donors (Lipinski definition) is 0. The summed E-state index contributed by atoms with van der Waals surface area (Å²) >= 11 is 1.72. The van der Waals surface area contributed by atoms with Gasteiger partial charge in [-0.1, -0.05) is 25.5 Å². The topological polar surface area (TPSA) is 39.2 Å². The molecule has 0 radical (unpaired) electrons. The van der Waals surface area contributed by atoms with Gasteiger partial charge in [-0.05, 0) is 44.0 Å². The van der Waals surface area contributed by atoms with E-state index in [0.717, 1.165) is 23.4 Å². The van der Waals surface area contributed by atoms with E-state index in [-0.39, 0.29) is 5.97 Å². The highest BCUT2D eigenvalue weighted by Crippen LogP contribution is 2.27.